The van der Waals surface area contributed by atoms with Gasteiger partial charge in [-0.25, -0.2) is 0 Å². The molecule has 0 rings (SSSR count). The summed E-state index contributed by atoms with van der Waals surface area (Å²) in [5, 5.41) is 8.03. The Bertz CT molecular complexity index is 76.7. The molecule has 0 atom stereocenters. The quantitative estimate of drug-likeness (QED) is 0.632. The smallest absolute Gasteiger partial charge is 0.0981 e. The average molecular weight is 291 g/mol. The molecule has 38 valence electrons. The predicted molar refractivity (Wildman–Crippen MR) is 29.6 cm³/mol. The number of nitriles is 1. The Morgan fingerprint density at radius 3 is 1.71 bits per heavy atom. The molecule has 3 heteroatoms. The van der Waals surface area contributed by atoms with Crippen LogP contribution in [0.2, 0.25) is 0 Å². The molecule has 0 unspecified atom stereocenters. The minimum Gasteiger partial charge on any atom is -0.314 e. The molecule has 0 aliphatic heterocycles. The van der Waals surface area contributed by atoms with Gasteiger partial charge in [-0.1, -0.05) is 0 Å². The Hall–Kier alpha value is 0.372. The van der Waals surface area contributed by atoms with Gasteiger partial charge in [-0.3, -0.25) is 0 Å². The molecule has 0 bridgehead atoms. The van der Waals surface area contributed by atoms with E-state index in [0.29, 0.717) is 0 Å². The van der Waals surface area contributed by atoms with Crippen LogP contribution in [0.25, 0.3) is 0 Å². The summed E-state index contributed by atoms with van der Waals surface area (Å²) in [5.41, 5.74) is 4.52. The predicted octanol–water partition coefficient (Wildman–Crippen LogP) is -0.134. The minimum absolute atomic E-state index is 0. The van der Waals surface area contributed by atoms with Gasteiger partial charge in [0.15, 0.2) is 0 Å². The number of nitrogens with two attached hydrogens (primary N) is 1. The Balaban J connectivity index is 0. The minimum atomic E-state index is -0.653. The van der Waals surface area contributed by atoms with Crippen LogP contribution in [0.3, 0.4) is 0 Å². The first-order chi connectivity index (χ1) is 2.56. The van der Waals surface area contributed by atoms with Crippen molar-refractivity contribution in [2.75, 3.05) is 0 Å². The molecule has 0 aliphatic rings. The second-order valence-corrected chi connectivity index (χ2v) is 1.83. The Kier molecular flexibility index (Phi) is 5.01. The van der Waals surface area contributed by atoms with Gasteiger partial charge in [0.2, 0.25) is 0 Å². The van der Waals surface area contributed by atoms with E-state index in [1.165, 1.54) is 0 Å². The van der Waals surface area contributed by atoms with E-state index in [4.69, 9.17) is 11.0 Å². The summed E-state index contributed by atoms with van der Waals surface area (Å²) < 4.78 is 0. The van der Waals surface area contributed by atoms with Crippen molar-refractivity contribution in [3.63, 3.8) is 0 Å². The maximum atomic E-state index is 8.03. The monoisotopic (exact) mass is 292 g/mol. The van der Waals surface area contributed by atoms with Crippen molar-refractivity contribution in [3.05, 3.63) is 0 Å². The summed E-state index contributed by atoms with van der Waals surface area (Å²) >= 11 is 0. The van der Waals surface area contributed by atoms with Crippen LogP contribution in [0, 0.1) is 11.3 Å². The molecule has 4 radical (unpaired) electrons. The van der Waals surface area contributed by atoms with Crippen LogP contribution in [-0.2, 0) is 0 Å². The van der Waals surface area contributed by atoms with Gasteiger partial charge in [0, 0.05) is 27.3 Å². The Labute approximate surface area is 63.8 Å². The van der Waals surface area contributed by atoms with E-state index in [-0.39, 0.29) is 27.3 Å². The first-order valence-electron chi connectivity index (χ1n) is 1.76. The van der Waals surface area contributed by atoms with E-state index in [1.807, 2.05) is 6.07 Å². The molecule has 0 amide bonds. The molecule has 7 heavy (non-hydrogen) atoms. The van der Waals surface area contributed by atoms with Gasteiger partial charge in [0.1, 0.15) is 0 Å². The largest absolute Gasteiger partial charge is 0.314 e. The zero-order valence-corrected chi connectivity index (χ0v) is 8.41. The van der Waals surface area contributed by atoms with Crippen molar-refractivity contribution in [3.8, 4) is 6.07 Å². The van der Waals surface area contributed by atoms with Gasteiger partial charge in [-0.2, -0.15) is 5.26 Å². The van der Waals surface area contributed by atoms with Crippen molar-refractivity contribution in [2.24, 2.45) is 5.73 Å². The van der Waals surface area contributed by atoms with Crippen LogP contribution in [0.1, 0.15) is 13.8 Å². The molecule has 0 aliphatic carbocycles. The van der Waals surface area contributed by atoms with Crippen molar-refractivity contribution < 1.29 is 0 Å². The first kappa shape index (κ1) is 10.4. The molecule has 2 N–H and O–H groups in total. The van der Waals surface area contributed by atoms with E-state index in [2.05, 4.69) is 0 Å². The van der Waals surface area contributed by atoms with E-state index in [9.17, 15) is 0 Å². The summed E-state index contributed by atoms with van der Waals surface area (Å²) in [6.45, 7) is 3.32. The topological polar surface area (TPSA) is 49.8 Å². The zero-order chi connectivity index (χ0) is 5.21. The molecule has 0 fully saturated rings. The maximum Gasteiger partial charge on any atom is 0.0981 e. The van der Waals surface area contributed by atoms with Crippen LogP contribution in [0.5, 0.6) is 0 Å². The summed E-state index contributed by atoms with van der Waals surface area (Å²) in [5.74, 6) is 0. The summed E-state index contributed by atoms with van der Waals surface area (Å²) in [4.78, 5) is 0. The molecule has 0 saturated heterocycles. The fourth-order valence-electron chi connectivity index (χ4n) is 0. The fourth-order valence-corrected chi connectivity index (χ4v) is 0. The molecular formula is C4H8N2Pb. The van der Waals surface area contributed by atoms with Gasteiger partial charge < -0.3 is 5.73 Å². The fraction of sp³-hybridized carbons (Fsp3) is 0.750. The van der Waals surface area contributed by atoms with Gasteiger partial charge in [-0.05, 0) is 13.8 Å². The second kappa shape index (κ2) is 3.38. The second-order valence-electron chi connectivity index (χ2n) is 1.83. The van der Waals surface area contributed by atoms with Crippen molar-refractivity contribution >= 4 is 27.3 Å². The van der Waals surface area contributed by atoms with Crippen LogP contribution < -0.4 is 5.73 Å². The van der Waals surface area contributed by atoms with Gasteiger partial charge in [0.05, 0.1) is 11.6 Å². The van der Waals surface area contributed by atoms with E-state index >= 15 is 0 Å². The van der Waals surface area contributed by atoms with Gasteiger partial charge in [-0.15, -0.1) is 0 Å². The Morgan fingerprint density at radius 1 is 1.57 bits per heavy atom. The standard InChI is InChI=1S/C4H8N2.Pb/c1-4(2,6)3-5;/h6H2,1-2H3;. The number of hydrogen-bond donors (Lipinski definition) is 1. The molecule has 0 aromatic heterocycles. The third kappa shape index (κ3) is 10.7. The normalized spacial score (nSPS) is 8.86. The molecule has 0 aromatic rings. The van der Waals surface area contributed by atoms with Crippen LogP contribution in [0.15, 0.2) is 0 Å². The molecule has 0 heterocycles. The van der Waals surface area contributed by atoms with Crippen LogP contribution in [-0.4, -0.2) is 32.8 Å². The molecule has 0 aromatic carbocycles. The first-order valence-corrected chi connectivity index (χ1v) is 1.76. The maximum absolute atomic E-state index is 8.03. The molecular weight excluding hydrogens is 283 g/mol. The summed E-state index contributed by atoms with van der Waals surface area (Å²) in [6.07, 6.45) is 0. The number of rotatable bonds is 0. The van der Waals surface area contributed by atoms with Crippen molar-refractivity contribution in [2.45, 2.75) is 19.4 Å². The van der Waals surface area contributed by atoms with E-state index in [1.54, 1.807) is 13.8 Å². The van der Waals surface area contributed by atoms with E-state index in [0.717, 1.165) is 0 Å². The van der Waals surface area contributed by atoms with Crippen molar-refractivity contribution in [1.29, 1.82) is 5.26 Å². The van der Waals surface area contributed by atoms with Crippen LogP contribution >= 0.6 is 0 Å². The zero-order valence-electron chi connectivity index (χ0n) is 4.52. The third-order valence-electron chi connectivity index (χ3n) is 0.288. The third-order valence-corrected chi connectivity index (χ3v) is 0.288. The van der Waals surface area contributed by atoms with Crippen molar-refractivity contribution in [1.82, 2.24) is 0 Å². The molecule has 0 spiro atoms. The van der Waals surface area contributed by atoms with Crippen LogP contribution in [0.4, 0.5) is 0 Å². The summed E-state index contributed by atoms with van der Waals surface area (Å²) in [7, 11) is 0. The van der Waals surface area contributed by atoms with Gasteiger partial charge in [0.25, 0.3) is 0 Å². The molecule has 0 saturated carbocycles. The molecule has 2 nitrogen and oxygen atoms in total. The summed E-state index contributed by atoms with van der Waals surface area (Å²) in [6, 6.07) is 1.88. The average Bonchev–Trinajstić information content (AvgIpc) is 1.35. The number of hydrogen-bond acceptors (Lipinski definition) is 2. The number of nitrogens with zero attached hydrogens (tertiary/aromatic N) is 1. The Morgan fingerprint density at radius 2 is 1.71 bits per heavy atom. The SMILES string of the molecule is CC(C)(N)C#N.[Pb]. The van der Waals surface area contributed by atoms with Gasteiger partial charge >= 0.3 is 0 Å². The van der Waals surface area contributed by atoms with E-state index < -0.39 is 5.54 Å².